The van der Waals surface area contributed by atoms with Crippen molar-refractivity contribution in [3.8, 4) is 22.7 Å². The molecule has 0 atom stereocenters. The van der Waals surface area contributed by atoms with E-state index < -0.39 is 5.41 Å². The van der Waals surface area contributed by atoms with Crippen LogP contribution < -0.4 is 32.8 Å². The van der Waals surface area contributed by atoms with Crippen LogP contribution in [0.4, 0.5) is 0 Å². The molecule has 6 aliphatic rings. The predicted octanol–water partition coefficient (Wildman–Crippen LogP) is 3.57. The highest BCUT2D eigenvalue weighted by atomic mass is 15.1. The molecule has 0 radical (unpaired) electrons. The van der Waals surface area contributed by atoms with Crippen molar-refractivity contribution in [2.45, 2.75) is 33.1 Å². The van der Waals surface area contributed by atoms with Crippen LogP contribution in [0.5, 0.6) is 0 Å². The van der Waals surface area contributed by atoms with Crippen LogP contribution in [0.1, 0.15) is 45.6 Å². The number of benzene rings is 6. The Morgan fingerprint density at radius 1 is 0.364 bits per heavy atom. The molecule has 0 saturated heterocycles. The van der Waals surface area contributed by atoms with E-state index in [0.717, 1.165) is 45.4 Å². The van der Waals surface area contributed by atoms with Gasteiger partial charge in [0.05, 0.1) is 49.5 Å². The Morgan fingerprint density at radius 3 is 0.909 bits per heavy atom. The first kappa shape index (κ1) is 27.0. The fourth-order valence-electron chi connectivity index (χ4n) is 13.1. The first-order valence-electron chi connectivity index (χ1n) is 19.3. The standard InChI is InChI=1S/C45H26B2N8/c1-19-48-27-15-11-23-35-41(27)52(19)31-7-5-8-32-39(31)46(35)36-24(12-16-28-42(36)53(32)20(2)49-28)45(23)25-13-17-29-43-37(25)47-38-26(45)14-18-30-44(38)55(22(4)51-30)34-10-6-9-33(40(34)47)54(43)21(3)50-29/h5-18H,1-4H3. The van der Waals surface area contributed by atoms with Gasteiger partial charge in [0.1, 0.15) is 23.3 Å². The second-order valence-corrected chi connectivity index (χ2v) is 16.6. The maximum atomic E-state index is 5.26. The number of aromatic nitrogens is 8. The van der Waals surface area contributed by atoms with Crippen molar-refractivity contribution in [1.82, 2.24) is 38.2 Å². The fourth-order valence-corrected chi connectivity index (χ4v) is 13.1. The van der Waals surface area contributed by atoms with Gasteiger partial charge in [-0.15, -0.1) is 0 Å². The minimum atomic E-state index is -0.640. The van der Waals surface area contributed by atoms with Crippen molar-refractivity contribution in [2.75, 3.05) is 0 Å². The summed E-state index contributed by atoms with van der Waals surface area (Å²) in [6, 6.07) is 32.6. The third-order valence-electron chi connectivity index (χ3n) is 14.5. The number of nitrogens with zero attached hydrogens (tertiary/aromatic N) is 8. The van der Waals surface area contributed by atoms with Crippen LogP contribution in [0.3, 0.4) is 0 Å². The van der Waals surface area contributed by atoms with E-state index in [4.69, 9.17) is 19.9 Å². The second-order valence-electron chi connectivity index (χ2n) is 16.6. The summed E-state index contributed by atoms with van der Waals surface area (Å²) in [6.45, 7) is 8.75. The number of rotatable bonds is 0. The van der Waals surface area contributed by atoms with Crippen molar-refractivity contribution in [2.24, 2.45) is 0 Å². The zero-order chi connectivity index (χ0) is 35.7. The summed E-state index contributed by atoms with van der Waals surface area (Å²) >= 11 is 0. The molecule has 252 valence electrons. The monoisotopic (exact) mass is 700 g/mol. The molecule has 10 heteroatoms. The highest BCUT2D eigenvalue weighted by molar-refractivity contribution is 7.02. The average molecular weight is 700 g/mol. The van der Waals surface area contributed by atoms with E-state index in [9.17, 15) is 0 Å². The highest BCUT2D eigenvalue weighted by Gasteiger charge is 2.59. The first-order chi connectivity index (χ1) is 27.0. The Hall–Kier alpha value is -6.67. The van der Waals surface area contributed by atoms with Crippen molar-refractivity contribution >= 4 is 90.3 Å². The Balaban J connectivity index is 1.23. The summed E-state index contributed by atoms with van der Waals surface area (Å²) in [6.07, 6.45) is 0. The number of aryl methyl sites for hydroxylation is 4. The molecule has 0 amide bonds. The van der Waals surface area contributed by atoms with Gasteiger partial charge >= 0.3 is 0 Å². The zero-order valence-electron chi connectivity index (χ0n) is 30.3. The van der Waals surface area contributed by atoms with E-state index in [0.29, 0.717) is 0 Å². The van der Waals surface area contributed by atoms with Crippen LogP contribution in [-0.4, -0.2) is 51.6 Å². The molecule has 10 heterocycles. The van der Waals surface area contributed by atoms with E-state index in [1.165, 1.54) is 99.8 Å². The second kappa shape index (κ2) is 7.91. The molecule has 0 unspecified atom stereocenters. The van der Waals surface area contributed by atoms with Crippen LogP contribution in [0, 0.1) is 27.7 Å². The van der Waals surface area contributed by atoms with Crippen LogP contribution in [0.2, 0.25) is 0 Å². The molecule has 6 aliphatic heterocycles. The number of hydrogen-bond donors (Lipinski definition) is 0. The fraction of sp³-hybridized carbons (Fsp3) is 0.111. The molecule has 0 saturated carbocycles. The van der Waals surface area contributed by atoms with E-state index in [-0.39, 0.29) is 13.4 Å². The maximum Gasteiger partial charge on any atom is 0.253 e. The minimum absolute atomic E-state index is 0.0483. The van der Waals surface area contributed by atoms with Gasteiger partial charge in [0.25, 0.3) is 13.4 Å². The third-order valence-corrected chi connectivity index (χ3v) is 14.5. The molecular weight excluding hydrogens is 674 g/mol. The van der Waals surface area contributed by atoms with E-state index >= 15 is 0 Å². The van der Waals surface area contributed by atoms with E-state index in [2.05, 4.69) is 131 Å². The molecule has 6 aromatic carbocycles. The molecule has 16 rings (SSSR count). The summed E-state index contributed by atoms with van der Waals surface area (Å²) in [5.41, 5.74) is 27.0. The molecule has 0 aliphatic carbocycles. The maximum absolute atomic E-state index is 5.26. The highest BCUT2D eigenvalue weighted by Crippen LogP contribution is 2.52. The molecule has 0 bridgehead atoms. The predicted molar refractivity (Wildman–Crippen MR) is 219 cm³/mol. The van der Waals surface area contributed by atoms with Crippen molar-refractivity contribution in [3.05, 3.63) is 130 Å². The Labute approximate surface area is 313 Å². The molecule has 4 aromatic heterocycles. The van der Waals surface area contributed by atoms with Gasteiger partial charge in [0.15, 0.2) is 0 Å². The van der Waals surface area contributed by atoms with Gasteiger partial charge in [-0.05, 0) is 131 Å². The van der Waals surface area contributed by atoms with Gasteiger partial charge in [-0.1, -0.05) is 36.4 Å². The number of hydrogen-bond acceptors (Lipinski definition) is 4. The molecular formula is C45H26B2N8. The lowest BCUT2D eigenvalue weighted by Crippen LogP contribution is -2.71. The smallest absolute Gasteiger partial charge is 0.253 e. The number of fused-ring (bicyclic) bond motifs is 8. The van der Waals surface area contributed by atoms with E-state index in [1.807, 2.05) is 0 Å². The summed E-state index contributed by atoms with van der Waals surface area (Å²) < 4.78 is 9.80. The first-order valence-corrected chi connectivity index (χ1v) is 19.3. The summed E-state index contributed by atoms with van der Waals surface area (Å²) in [5.74, 6) is 4.06. The summed E-state index contributed by atoms with van der Waals surface area (Å²) in [4.78, 5) is 21.0. The van der Waals surface area contributed by atoms with Crippen molar-refractivity contribution in [3.63, 3.8) is 0 Å². The van der Waals surface area contributed by atoms with Gasteiger partial charge in [-0.3, -0.25) is 18.3 Å². The van der Waals surface area contributed by atoms with E-state index in [1.54, 1.807) is 0 Å². The van der Waals surface area contributed by atoms with Gasteiger partial charge in [0, 0.05) is 22.7 Å². The average Bonchev–Trinajstić information content (AvgIpc) is 3.93. The molecule has 0 fully saturated rings. The lowest BCUT2D eigenvalue weighted by atomic mass is 9.24. The summed E-state index contributed by atoms with van der Waals surface area (Å²) in [5, 5.41) is 0. The van der Waals surface area contributed by atoms with Gasteiger partial charge in [-0.2, -0.15) is 0 Å². The Kier molecular flexibility index (Phi) is 3.88. The van der Waals surface area contributed by atoms with Crippen LogP contribution in [-0.2, 0) is 5.41 Å². The van der Waals surface area contributed by atoms with Gasteiger partial charge < -0.3 is 0 Å². The SMILES string of the molecule is Cc1nc2ccc3c4c2n1-c1cccc2c1B4c1c(ccc4nc(C)n-2c14)C31c2ccc3nc(C)n4c3c2B2c3c-4cccc3-n3c(C)nc4ccc1c2c43. The lowest BCUT2D eigenvalue weighted by Gasteiger charge is -2.52. The van der Waals surface area contributed by atoms with Crippen molar-refractivity contribution < 1.29 is 0 Å². The lowest BCUT2D eigenvalue weighted by molar-refractivity contribution is 0.758. The normalized spacial score (nSPS) is 15.7. The summed E-state index contributed by atoms with van der Waals surface area (Å²) in [7, 11) is 0. The van der Waals surface area contributed by atoms with Crippen LogP contribution >= 0.6 is 0 Å². The minimum Gasteiger partial charge on any atom is -0.297 e. The zero-order valence-corrected chi connectivity index (χ0v) is 30.3. The molecule has 0 N–H and O–H groups in total. The van der Waals surface area contributed by atoms with Crippen molar-refractivity contribution in [1.29, 1.82) is 0 Å². The molecule has 55 heavy (non-hydrogen) atoms. The Bertz CT molecular complexity index is 3210. The quantitative estimate of drug-likeness (QED) is 0.227. The molecule has 1 spiro atoms. The molecule has 8 nitrogen and oxygen atoms in total. The third kappa shape index (κ3) is 2.40. The topological polar surface area (TPSA) is 71.3 Å². The largest absolute Gasteiger partial charge is 0.297 e. The van der Waals surface area contributed by atoms with Gasteiger partial charge in [-0.25, -0.2) is 19.9 Å². The van der Waals surface area contributed by atoms with Crippen LogP contribution in [0.25, 0.3) is 66.9 Å². The van der Waals surface area contributed by atoms with Crippen LogP contribution in [0.15, 0.2) is 84.9 Å². The Morgan fingerprint density at radius 2 is 0.636 bits per heavy atom. The van der Waals surface area contributed by atoms with Gasteiger partial charge in [0.2, 0.25) is 0 Å². The number of imidazole rings is 4. The molecule has 10 aromatic rings.